The Kier molecular flexibility index (Phi) is 3.06. The van der Waals surface area contributed by atoms with E-state index in [1.165, 1.54) is 0 Å². The van der Waals surface area contributed by atoms with Crippen molar-refractivity contribution < 1.29 is 9.90 Å². The van der Waals surface area contributed by atoms with E-state index in [4.69, 9.17) is 5.11 Å². The molecule has 0 aliphatic rings. The van der Waals surface area contributed by atoms with Crippen LogP contribution in [-0.4, -0.2) is 11.1 Å². The summed E-state index contributed by atoms with van der Waals surface area (Å²) < 4.78 is 1.04. The number of fused-ring (bicyclic) bond motifs is 1. The Morgan fingerprint density at radius 3 is 2.56 bits per heavy atom. The average Bonchev–Trinajstić information content (AvgIpc) is 2.26. The number of hydrogen-bond acceptors (Lipinski definition) is 1. The minimum atomic E-state index is -0.934. The lowest BCUT2D eigenvalue weighted by Gasteiger charge is -2.00. The van der Waals surface area contributed by atoms with Gasteiger partial charge in [-0.1, -0.05) is 34.1 Å². The van der Waals surface area contributed by atoms with Crippen LogP contribution in [0.5, 0.6) is 0 Å². The molecule has 80 valence electrons. The van der Waals surface area contributed by atoms with Gasteiger partial charge in [0, 0.05) is 10.5 Å². The molecule has 3 heteroatoms. The van der Waals surface area contributed by atoms with Gasteiger partial charge in [0.25, 0.3) is 0 Å². The minimum absolute atomic E-state index is 0.886. The molecule has 2 aromatic carbocycles. The van der Waals surface area contributed by atoms with Gasteiger partial charge in [0.15, 0.2) is 0 Å². The highest BCUT2D eigenvalue weighted by Crippen LogP contribution is 2.21. The van der Waals surface area contributed by atoms with Crippen LogP contribution in [0.4, 0.5) is 0 Å². The zero-order chi connectivity index (χ0) is 11.5. The third-order valence-corrected chi connectivity index (χ3v) is 2.74. The van der Waals surface area contributed by atoms with E-state index < -0.39 is 5.97 Å². The third kappa shape index (κ3) is 2.49. The number of benzene rings is 2. The lowest BCUT2D eigenvalue weighted by molar-refractivity contribution is -0.131. The van der Waals surface area contributed by atoms with Crippen molar-refractivity contribution in [2.75, 3.05) is 0 Å². The van der Waals surface area contributed by atoms with Crippen molar-refractivity contribution in [2.45, 2.75) is 0 Å². The van der Waals surface area contributed by atoms with Crippen LogP contribution < -0.4 is 0 Å². The molecule has 0 radical (unpaired) electrons. The Balaban J connectivity index is 2.44. The fourth-order valence-electron chi connectivity index (χ4n) is 1.51. The van der Waals surface area contributed by atoms with Crippen LogP contribution in [0.25, 0.3) is 16.8 Å². The maximum absolute atomic E-state index is 10.4. The molecule has 0 spiro atoms. The summed E-state index contributed by atoms with van der Waals surface area (Å²) in [6, 6.07) is 11.8. The second kappa shape index (κ2) is 4.49. The Morgan fingerprint density at radius 2 is 1.81 bits per heavy atom. The SMILES string of the molecule is O=C(O)C=Cc1ccc2cc(Br)ccc2c1. The molecule has 0 bridgehead atoms. The molecule has 1 N–H and O–H groups in total. The van der Waals surface area contributed by atoms with Crippen molar-refractivity contribution in [3.05, 3.63) is 52.5 Å². The van der Waals surface area contributed by atoms with Gasteiger partial charge in [-0.15, -0.1) is 0 Å². The summed E-state index contributed by atoms with van der Waals surface area (Å²) >= 11 is 3.41. The number of aliphatic carboxylic acids is 1. The highest BCUT2D eigenvalue weighted by Gasteiger charge is 1.96. The quantitative estimate of drug-likeness (QED) is 0.850. The molecule has 0 aromatic heterocycles. The van der Waals surface area contributed by atoms with Crippen molar-refractivity contribution >= 4 is 38.7 Å². The maximum Gasteiger partial charge on any atom is 0.328 e. The number of hydrogen-bond donors (Lipinski definition) is 1. The largest absolute Gasteiger partial charge is 0.478 e. The molecule has 0 aliphatic heterocycles. The molecule has 2 aromatic rings. The molecule has 0 atom stereocenters. The van der Waals surface area contributed by atoms with Crippen molar-refractivity contribution in [3.8, 4) is 0 Å². The second-order valence-electron chi connectivity index (χ2n) is 3.42. The van der Waals surface area contributed by atoms with E-state index >= 15 is 0 Å². The lowest BCUT2D eigenvalue weighted by atomic mass is 10.1. The van der Waals surface area contributed by atoms with E-state index in [2.05, 4.69) is 15.9 Å². The molecule has 0 aliphatic carbocycles. The van der Waals surface area contributed by atoms with Gasteiger partial charge < -0.3 is 5.11 Å². The summed E-state index contributed by atoms with van der Waals surface area (Å²) in [6.07, 6.45) is 2.73. The first-order valence-electron chi connectivity index (χ1n) is 4.75. The number of carboxylic acid groups (broad SMARTS) is 1. The lowest BCUT2D eigenvalue weighted by Crippen LogP contribution is -1.85. The molecular weight excluding hydrogens is 268 g/mol. The normalized spacial score (nSPS) is 11.1. The molecular formula is C13H9BrO2. The van der Waals surface area contributed by atoms with Crippen LogP contribution in [0.1, 0.15) is 5.56 Å². The standard InChI is InChI=1S/C13H9BrO2/c14-12-5-4-10-7-9(2-6-13(15)16)1-3-11(10)8-12/h1-8H,(H,15,16). The first kappa shape index (κ1) is 10.9. The number of rotatable bonds is 2. The van der Waals surface area contributed by atoms with E-state index in [-0.39, 0.29) is 0 Å². The zero-order valence-electron chi connectivity index (χ0n) is 8.35. The molecule has 0 unspecified atom stereocenters. The van der Waals surface area contributed by atoms with Gasteiger partial charge >= 0.3 is 5.97 Å². The maximum atomic E-state index is 10.4. The summed E-state index contributed by atoms with van der Waals surface area (Å²) in [7, 11) is 0. The van der Waals surface area contributed by atoms with Crippen LogP contribution in [0, 0.1) is 0 Å². The van der Waals surface area contributed by atoms with E-state index in [0.717, 1.165) is 26.9 Å². The van der Waals surface area contributed by atoms with Gasteiger partial charge in [-0.25, -0.2) is 4.79 Å². The molecule has 2 nitrogen and oxygen atoms in total. The fraction of sp³-hybridized carbons (Fsp3) is 0. The van der Waals surface area contributed by atoms with Gasteiger partial charge in [-0.2, -0.15) is 0 Å². The van der Waals surface area contributed by atoms with Crippen LogP contribution in [-0.2, 0) is 4.79 Å². The Labute approximate surface area is 101 Å². The number of carboxylic acids is 1. The van der Waals surface area contributed by atoms with Crippen molar-refractivity contribution in [1.82, 2.24) is 0 Å². The topological polar surface area (TPSA) is 37.3 Å². The third-order valence-electron chi connectivity index (χ3n) is 2.24. The van der Waals surface area contributed by atoms with Crippen LogP contribution in [0.3, 0.4) is 0 Å². The van der Waals surface area contributed by atoms with E-state index in [1.807, 2.05) is 36.4 Å². The molecule has 0 heterocycles. The van der Waals surface area contributed by atoms with Crippen LogP contribution in [0.2, 0.25) is 0 Å². The average molecular weight is 277 g/mol. The predicted octanol–water partition coefficient (Wildman–Crippen LogP) is 3.70. The smallest absolute Gasteiger partial charge is 0.328 e. The highest BCUT2D eigenvalue weighted by molar-refractivity contribution is 9.10. The van der Waals surface area contributed by atoms with Gasteiger partial charge in [-0.05, 0) is 40.6 Å². The Hall–Kier alpha value is -1.61. The van der Waals surface area contributed by atoms with Crippen molar-refractivity contribution in [1.29, 1.82) is 0 Å². The number of halogens is 1. The fourth-order valence-corrected chi connectivity index (χ4v) is 1.89. The minimum Gasteiger partial charge on any atom is -0.478 e. The summed E-state index contributed by atoms with van der Waals surface area (Å²) in [5.74, 6) is -0.934. The second-order valence-corrected chi connectivity index (χ2v) is 4.34. The van der Waals surface area contributed by atoms with Crippen LogP contribution in [0.15, 0.2) is 46.9 Å². The van der Waals surface area contributed by atoms with Gasteiger partial charge in [0.1, 0.15) is 0 Å². The van der Waals surface area contributed by atoms with Gasteiger partial charge in [0.05, 0.1) is 0 Å². The molecule has 0 saturated carbocycles. The highest BCUT2D eigenvalue weighted by atomic mass is 79.9. The number of carbonyl (C=O) groups is 1. The van der Waals surface area contributed by atoms with Crippen molar-refractivity contribution in [2.24, 2.45) is 0 Å². The monoisotopic (exact) mass is 276 g/mol. The van der Waals surface area contributed by atoms with Gasteiger partial charge in [-0.3, -0.25) is 0 Å². The van der Waals surface area contributed by atoms with E-state index in [0.29, 0.717) is 0 Å². The summed E-state index contributed by atoms with van der Waals surface area (Å²) in [6.45, 7) is 0. The molecule has 0 saturated heterocycles. The summed E-state index contributed by atoms with van der Waals surface area (Å²) in [4.78, 5) is 10.4. The van der Waals surface area contributed by atoms with E-state index in [9.17, 15) is 4.79 Å². The zero-order valence-corrected chi connectivity index (χ0v) is 9.94. The molecule has 16 heavy (non-hydrogen) atoms. The summed E-state index contributed by atoms with van der Waals surface area (Å²) in [5, 5.41) is 10.8. The summed E-state index contributed by atoms with van der Waals surface area (Å²) in [5.41, 5.74) is 0.886. The Morgan fingerprint density at radius 1 is 1.12 bits per heavy atom. The van der Waals surface area contributed by atoms with Gasteiger partial charge in [0.2, 0.25) is 0 Å². The van der Waals surface area contributed by atoms with E-state index in [1.54, 1.807) is 6.08 Å². The Bertz CT molecular complexity index is 573. The molecule has 0 amide bonds. The van der Waals surface area contributed by atoms with Crippen molar-refractivity contribution in [3.63, 3.8) is 0 Å². The molecule has 2 rings (SSSR count). The predicted molar refractivity (Wildman–Crippen MR) is 68.3 cm³/mol. The first-order chi connectivity index (χ1) is 7.65. The first-order valence-corrected chi connectivity index (χ1v) is 5.55. The van der Waals surface area contributed by atoms with Crippen LogP contribution >= 0.6 is 15.9 Å². The molecule has 0 fully saturated rings.